The molecule has 2 unspecified atom stereocenters. The molecule has 0 radical (unpaired) electrons. The van der Waals surface area contributed by atoms with Crippen molar-refractivity contribution in [1.29, 1.82) is 0 Å². The number of aryl methyl sites for hydroxylation is 1. The molecule has 0 bridgehead atoms. The van der Waals surface area contributed by atoms with Crippen LogP contribution < -0.4 is 5.32 Å². The quantitative estimate of drug-likeness (QED) is 0.813. The molecular weight excluding hydrogens is 232 g/mol. The number of hydrogen-bond donors (Lipinski definition) is 1. The maximum Gasteiger partial charge on any atom is 0.0798 e. The van der Waals surface area contributed by atoms with Crippen LogP contribution in [0.1, 0.15) is 44.3 Å². The Labute approximate surface area is 109 Å². The van der Waals surface area contributed by atoms with E-state index in [4.69, 9.17) is 4.74 Å². The number of nitrogens with zero attached hydrogens (tertiary/aromatic N) is 1. The van der Waals surface area contributed by atoms with Gasteiger partial charge in [0.1, 0.15) is 0 Å². The lowest BCUT2D eigenvalue weighted by Crippen LogP contribution is -2.39. The van der Waals surface area contributed by atoms with Gasteiger partial charge in [0.2, 0.25) is 0 Å². The summed E-state index contributed by atoms with van der Waals surface area (Å²) >= 11 is 1.72. The second kappa shape index (κ2) is 7.09. The molecule has 0 aliphatic rings. The van der Waals surface area contributed by atoms with Gasteiger partial charge in [-0.1, -0.05) is 13.8 Å². The average molecular weight is 256 g/mol. The Morgan fingerprint density at radius 1 is 1.41 bits per heavy atom. The van der Waals surface area contributed by atoms with E-state index in [1.807, 2.05) is 12.4 Å². The highest BCUT2D eigenvalue weighted by Crippen LogP contribution is 2.22. The zero-order valence-corrected chi connectivity index (χ0v) is 12.3. The fraction of sp³-hybridized carbons (Fsp3) is 0.769. The molecule has 0 aliphatic heterocycles. The molecule has 3 nitrogen and oxygen atoms in total. The first kappa shape index (κ1) is 14.6. The summed E-state index contributed by atoms with van der Waals surface area (Å²) in [5, 5.41) is 3.64. The van der Waals surface area contributed by atoms with Crippen LogP contribution in [0.15, 0.2) is 5.51 Å². The third kappa shape index (κ3) is 4.37. The Morgan fingerprint density at radius 3 is 2.59 bits per heavy atom. The Hall–Kier alpha value is -0.450. The molecular formula is C13H24N2OS. The molecule has 4 heteroatoms. The molecule has 0 amide bonds. The predicted octanol–water partition coefficient (Wildman–Crippen LogP) is 3.16. The largest absolute Gasteiger partial charge is 0.380 e. The minimum Gasteiger partial charge on any atom is -0.380 e. The van der Waals surface area contributed by atoms with Gasteiger partial charge in [0.25, 0.3) is 0 Å². The summed E-state index contributed by atoms with van der Waals surface area (Å²) < 4.78 is 5.53. The van der Waals surface area contributed by atoms with Crippen molar-refractivity contribution in [1.82, 2.24) is 10.3 Å². The van der Waals surface area contributed by atoms with Crippen molar-refractivity contribution in [3.05, 3.63) is 16.1 Å². The molecule has 0 spiro atoms. The number of hydrogen-bond acceptors (Lipinski definition) is 4. The number of thiazole rings is 1. The van der Waals surface area contributed by atoms with E-state index in [9.17, 15) is 0 Å². The van der Waals surface area contributed by atoms with Gasteiger partial charge in [-0.3, -0.25) is 0 Å². The van der Waals surface area contributed by atoms with Gasteiger partial charge in [0, 0.05) is 23.6 Å². The third-order valence-electron chi connectivity index (χ3n) is 2.95. The molecule has 1 aromatic rings. The van der Waals surface area contributed by atoms with Crippen molar-refractivity contribution >= 4 is 11.3 Å². The van der Waals surface area contributed by atoms with Gasteiger partial charge >= 0.3 is 0 Å². The van der Waals surface area contributed by atoms with Crippen LogP contribution in [0.2, 0.25) is 0 Å². The van der Waals surface area contributed by atoms with E-state index in [0.29, 0.717) is 18.0 Å². The molecule has 0 aliphatic carbocycles. The summed E-state index contributed by atoms with van der Waals surface area (Å²) in [5.74, 6) is 0.567. The Morgan fingerprint density at radius 2 is 2.12 bits per heavy atom. The van der Waals surface area contributed by atoms with Gasteiger partial charge in [-0.25, -0.2) is 4.98 Å². The molecule has 1 heterocycles. The highest BCUT2D eigenvalue weighted by atomic mass is 32.1. The van der Waals surface area contributed by atoms with E-state index >= 15 is 0 Å². The molecule has 0 aromatic carbocycles. The van der Waals surface area contributed by atoms with Gasteiger partial charge in [-0.15, -0.1) is 11.3 Å². The Bertz CT molecular complexity index is 325. The molecule has 98 valence electrons. The van der Waals surface area contributed by atoms with Crippen LogP contribution in [0.25, 0.3) is 0 Å². The van der Waals surface area contributed by atoms with Crippen LogP contribution in [0.4, 0.5) is 0 Å². The standard InChI is InChI=1S/C13H24N2OS/c1-6-16-7-12(9(2)3)15-11(5)13-10(4)14-8-17-13/h8-9,11-12,15H,6-7H2,1-5H3. The molecule has 2 atom stereocenters. The van der Waals surface area contributed by atoms with Crippen LogP contribution in [-0.2, 0) is 4.74 Å². The number of rotatable bonds is 7. The monoisotopic (exact) mass is 256 g/mol. The summed E-state index contributed by atoms with van der Waals surface area (Å²) in [4.78, 5) is 5.63. The van der Waals surface area contributed by atoms with Gasteiger partial charge < -0.3 is 10.1 Å². The maximum atomic E-state index is 5.53. The van der Waals surface area contributed by atoms with E-state index in [1.165, 1.54) is 4.88 Å². The molecule has 0 saturated heterocycles. The minimum atomic E-state index is 0.343. The fourth-order valence-electron chi connectivity index (χ4n) is 1.80. The Kier molecular flexibility index (Phi) is 6.09. The molecule has 1 N–H and O–H groups in total. The Balaban J connectivity index is 2.57. The molecule has 1 rings (SSSR count). The summed E-state index contributed by atoms with van der Waals surface area (Å²) in [7, 11) is 0. The third-order valence-corrected chi connectivity index (χ3v) is 4.06. The number of aromatic nitrogens is 1. The van der Waals surface area contributed by atoms with E-state index < -0.39 is 0 Å². The number of nitrogens with one attached hydrogen (secondary N) is 1. The van der Waals surface area contributed by atoms with Gasteiger partial charge in [-0.2, -0.15) is 0 Å². The lowest BCUT2D eigenvalue weighted by molar-refractivity contribution is 0.104. The van der Waals surface area contributed by atoms with Crippen molar-refractivity contribution in [2.75, 3.05) is 13.2 Å². The first-order valence-electron chi connectivity index (χ1n) is 6.30. The number of ether oxygens (including phenoxy) is 1. The second-order valence-corrected chi connectivity index (χ2v) is 5.59. The highest BCUT2D eigenvalue weighted by Gasteiger charge is 2.18. The van der Waals surface area contributed by atoms with E-state index in [2.05, 4.69) is 38.0 Å². The van der Waals surface area contributed by atoms with Crippen LogP contribution >= 0.6 is 11.3 Å². The predicted molar refractivity (Wildman–Crippen MR) is 73.5 cm³/mol. The van der Waals surface area contributed by atoms with Crippen molar-refractivity contribution in [2.45, 2.75) is 46.7 Å². The molecule has 1 aromatic heterocycles. The summed E-state index contributed by atoms with van der Waals surface area (Å²) in [6.07, 6.45) is 0. The molecule has 17 heavy (non-hydrogen) atoms. The highest BCUT2D eigenvalue weighted by molar-refractivity contribution is 7.09. The SMILES string of the molecule is CCOCC(NC(C)c1scnc1C)C(C)C. The molecule has 0 fully saturated rings. The van der Waals surface area contributed by atoms with Gasteiger partial charge in [0.15, 0.2) is 0 Å². The minimum absolute atomic E-state index is 0.343. The van der Waals surface area contributed by atoms with Crippen LogP contribution in [0.3, 0.4) is 0 Å². The summed E-state index contributed by atoms with van der Waals surface area (Å²) in [6, 6.07) is 0.738. The smallest absolute Gasteiger partial charge is 0.0798 e. The van der Waals surface area contributed by atoms with Crippen LogP contribution in [-0.4, -0.2) is 24.2 Å². The molecule has 0 saturated carbocycles. The van der Waals surface area contributed by atoms with Crippen molar-refractivity contribution < 1.29 is 4.74 Å². The topological polar surface area (TPSA) is 34.1 Å². The van der Waals surface area contributed by atoms with Crippen molar-refractivity contribution in [3.8, 4) is 0 Å². The van der Waals surface area contributed by atoms with Gasteiger partial charge in [-0.05, 0) is 26.7 Å². The average Bonchev–Trinajstić information content (AvgIpc) is 2.70. The zero-order valence-electron chi connectivity index (χ0n) is 11.5. The van der Waals surface area contributed by atoms with E-state index in [1.54, 1.807) is 11.3 Å². The fourth-order valence-corrected chi connectivity index (χ4v) is 2.62. The normalized spacial score (nSPS) is 15.2. The first-order chi connectivity index (χ1) is 8.06. The summed E-state index contributed by atoms with van der Waals surface area (Å²) in [5.41, 5.74) is 3.05. The van der Waals surface area contributed by atoms with Crippen LogP contribution in [0.5, 0.6) is 0 Å². The lowest BCUT2D eigenvalue weighted by Gasteiger charge is -2.26. The second-order valence-electron chi connectivity index (χ2n) is 4.70. The summed E-state index contributed by atoms with van der Waals surface area (Å²) in [6.45, 7) is 12.3. The zero-order chi connectivity index (χ0) is 12.8. The van der Waals surface area contributed by atoms with Gasteiger partial charge in [0.05, 0.1) is 17.8 Å². The lowest BCUT2D eigenvalue weighted by atomic mass is 10.0. The van der Waals surface area contributed by atoms with E-state index in [0.717, 1.165) is 18.9 Å². The van der Waals surface area contributed by atoms with Crippen LogP contribution in [0, 0.1) is 12.8 Å². The van der Waals surface area contributed by atoms with Crippen molar-refractivity contribution in [3.63, 3.8) is 0 Å². The van der Waals surface area contributed by atoms with E-state index in [-0.39, 0.29) is 0 Å². The first-order valence-corrected chi connectivity index (χ1v) is 7.18. The maximum absolute atomic E-state index is 5.53. The van der Waals surface area contributed by atoms with Crippen molar-refractivity contribution in [2.24, 2.45) is 5.92 Å².